The SMILES string of the molecule is CCCCCCCOC(=O)ON1CCC(c2nc(COc3ccc(-n4cnnn4)cc3)cs2)CC1. The average molecular weight is 501 g/mol. The largest absolute Gasteiger partial charge is 0.527 e. The van der Waals surface area contributed by atoms with Gasteiger partial charge in [-0.2, -0.15) is 0 Å². The summed E-state index contributed by atoms with van der Waals surface area (Å²) in [5, 5.41) is 16.0. The number of carbonyl (C=O) groups excluding carboxylic acids is 1. The Balaban J connectivity index is 1.14. The number of ether oxygens (including phenoxy) is 2. The van der Waals surface area contributed by atoms with Crippen LogP contribution in [0.4, 0.5) is 4.79 Å². The third kappa shape index (κ3) is 7.72. The van der Waals surface area contributed by atoms with Gasteiger partial charge in [0.05, 0.1) is 23.0 Å². The highest BCUT2D eigenvalue weighted by Crippen LogP contribution is 2.30. The van der Waals surface area contributed by atoms with Crippen LogP contribution >= 0.6 is 11.3 Å². The minimum atomic E-state index is -0.599. The fraction of sp³-hybridized carbons (Fsp3) is 0.542. The molecule has 1 aromatic carbocycles. The van der Waals surface area contributed by atoms with Crippen LogP contribution < -0.4 is 4.74 Å². The number of hydrogen-bond donors (Lipinski definition) is 0. The number of hydrogen-bond acceptors (Lipinski definition) is 10. The number of thiazole rings is 1. The summed E-state index contributed by atoms with van der Waals surface area (Å²) in [5.41, 5.74) is 1.78. The van der Waals surface area contributed by atoms with Crippen molar-refractivity contribution >= 4 is 17.5 Å². The first-order valence-corrected chi connectivity index (χ1v) is 13.1. The second-order valence-corrected chi connectivity index (χ2v) is 9.41. The van der Waals surface area contributed by atoms with E-state index >= 15 is 0 Å². The first kappa shape index (κ1) is 25.1. The predicted molar refractivity (Wildman–Crippen MR) is 130 cm³/mol. The van der Waals surface area contributed by atoms with E-state index in [1.54, 1.807) is 27.4 Å². The van der Waals surface area contributed by atoms with Crippen LogP contribution in [0.1, 0.15) is 68.5 Å². The van der Waals surface area contributed by atoms with Gasteiger partial charge in [-0.25, -0.2) is 14.5 Å². The molecule has 1 aliphatic heterocycles. The summed E-state index contributed by atoms with van der Waals surface area (Å²) in [6.07, 6.45) is 8.31. The van der Waals surface area contributed by atoms with E-state index in [2.05, 4.69) is 22.4 Å². The van der Waals surface area contributed by atoms with E-state index in [4.69, 9.17) is 19.3 Å². The van der Waals surface area contributed by atoms with Crippen molar-refractivity contribution in [3.8, 4) is 11.4 Å². The van der Waals surface area contributed by atoms with Crippen molar-refractivity contribution in [2.45, 2.75) is 64.4 Å². The minimum absolute atomic E-state index is 0.360. The lowest BCUT2D eigenvalue weighted by Crippen LogP contribution is -2.35. The van der Waals surface area contributed by atoms with Crippen molar-refractivity contribution < 1.29 is 19.1 Å². The summed E-state index contributed by atoms with van der Waals surface area (Å²) in [4.78, 5) is 22.0. The Morgan fingerprint density at radius 1 is 1.11 bits per heavy atom. The lowest BCUT2D eigenvalue weighted by Gasteiger charge is -2.28. The van der Waals surface area contributed by atoms with Gasteiger partial charge in [0.1, 0.15) is 18.7 Å². The van der Waals surface area contributed by atoms with Crippen LogP contribution in [0.25, 0.3) is 5.69 Å². The molecule has 0 bridgehead atoms. The first-order chi connectivity index (χ1) is 17.2. The van der Waals surface area contributed by atoms with Gasteiger partial charge in [-0.05, 0) is 54.0 Å². The Labute approximate surface area is 209 Å². The minimum Gasteiger partial charge on any atom is -0.487 e. The molecule has 188 valence electrons. The number of nitrogens with zero attached hydrogens (tertiary/aromatic N) is 6. The van der Waals surface area contributed by atoms with Gasteiger partial charge >= 0.3 is 6.16 Å². The van der Waals surface area contributed by atoms with Gasteiger partial charge in [0, 0.05) is 24.4 Å². The highest BCUT2D eigenvalue weighted by atomic mass is 32.1. The summed E-state index contributed by atoms with van der Waals surface area (Å²) in [6, 6.07) is 7.57. The van der Waals surface area contributed by atoms with E-state index in [0.29, 0.717) is 32.2 Å². The molecule has 0 saturated carbocycles. The molecule has 0 spiro atoms. The number of unbranched alkanes of at least 4 members (excludes halogenated alkanes) is 4. The van der Waals surface area contributed by atoms with Crippen molar-refractivity contribution in [1.82, 2.24) is 30.3 Å². The number of aromatic nitrogens is 5. The summed E-state index contributed by atoms with van der Waals surface area (Å²) in [6.45, 7) is 4.37. The molecular weight excluding hydrogens is 468 g/mol. The molecule has 2 aromatic heterocycles. The zero-order chi connectivity index (χ0) is 24.3. The first-order valence-electron chi connectivity index (χ1n) is 12.2. The molecular formula is C24H32N6O4S. The molecule has 1 aliphatic rings. The summed E-state index contributed by atoms with van der Waals surface area (Å²) in [5.74, 6) is 1.12. The van der Waals surface area contributed by atoms with E-state index in [-0.39, 0.29) is 0 Å². The van der Waals surface area contributed by atoms with Crippen LogP contribution in [0.15, 0.2) is 36.0 Å². The molecule has 3 aromatic rings. The van der Waals surface area contributed by atoms with Crippen molar-refractivity contribution in [3.05, 3.63) is 46.7 Å². The molecule has 0 N–H and O–H groups in total. The van der Waals surface area contributed by atoms with E-state index in [0.717, 1.165) is 47.8 Å². The summed E-state index contributed by atoms with van der Waals surface area (Å²) < 4.78 is 12.7. The summed E-state index contributed by atoms with van der Waals surface area (Å²) in [7, 11) is 0. The molecule has 11 heteroatoms. The molecule has 4 rings (SSSR count). The Morgan fingerprint density at radius 2 is 1.91 bits per heavy atom. The van der Waals surface area contributed by atoms with Crippen LogP contribution in [-0.2, 0) is 16.2 Å². The number of rotatable bonds is 12. The zero-order valence-corrected chi connectivity index (χ0v) is 20.9. The van der Waals surface area contributed by atoms with Crippen LogP contribution in [0.5, 0.6) is 5.75 Å². The molecule has 0 unspecified atom stereocenters. The van der Waals surface area contributed by atoms with Crippen LogP contribution in [0.2, 0.25) is 0 Å². The van der Waals surface area contributed by atoms with E-state index in [1.807, 2.05) is 29.6 Å². The highest BCUT2D eigenvalue weighted by Gasteiger charge is 2.25. The van der Waals surface area contributed by atoms with Gasteiger partial charge in [0.15, 0.2) is 0 Å². The van der Waals surface area contributed by atoms with Crippen molar-refractivity contribution in [2.75, 3.05) is 19.7 Å². The molecule has 0 amide bonds. The summed E-state index contributed by atoms with van der Waals surface area (Å²) >= 11 is 1.66. The van der Waals surface area contributed by atoms with Gasteiger partial charge in [-0.15, -0.1) is 21.5 Å². The van der Waals surface area contributed by atoms with Crippen LogP contribution in [0.3, 0.4) is 0 Å². The number of benzene rings is 1. The Kier molecular flexibility index (Phi) is 9.41. The monoisotopic (exact) mass is 500 g/mol. The van der Waals surface area contributed by atoms with Gasteiger partial charge < -0.3 is 14.3 Å². The van der Waals surface area contributed by atoms with Crippen LogP contribution in [-0.4, -0.2) is 56.1 Å². The normalized spacial score (nSPS) is 14.7. The zero-order valence-electron chi connectivity index (χ0n) is 20.0. The van der Waals surface area contributed by atoms with Gasteiger partial charge in [0.25, 0.3) is 0 Å². The van der Waals surface area contributed by atoms with E-state index in [9.17, 15) is 4.79 Å². The lowest BCUT2D eigenvalue weighted by atomic mass is 9.99. The molecule has 10 nitrogen and oxygen atoms in total. The second kappa shape index (κ2) is 13.1. The molecule has 0 aliphatic carbocycles. The van der Waals surface area contributed by atoms with Gasteiger partial charge in [-0.3, -0.25) is 0 Å². The van der Waals surface area contributed by atoms with Gasteiger partial charge in [0.2, 0.25) is 0 Å². The lowest BCUT2D eigenvalue weighted by molar-refractivity contribution is -0.139. The number of hydroxylamine groups is 2. The third-order valence-corrected chi connectivity index (χ3v) is 6.94. The fourth-order valence-corrected chi connectivity index (χ4v) is 4.87. The van der Waals surface area contributed by atoms with Gasteiger partial charge in [-0.1, -0.05) is 32.6 Å². The quantitative estimate of drug-likeness (QED) is 0.253. The fourth-order valence-electron chi connectivity index (χ4n) is 3.90. The van der Waals surface area contributed by atoms with Crippen LogP contribution in [0, 0.1) is 0 Å². The second-order valence-electron chi connectivity index (χ2n) is 8.52. The Bertz CT molecular complexity index is 1020. The Hall–Kier alpha value is -3.05. The predicted octanol–water partition coefficient (Wildman–Crippen LogP) is 4.92. The average Bonchev–Trinajstić information content (AvgIpc) is 3.59. The van der Waals surface area contributed by atoms with Crippen molar-refractivity contribution in [3.63, 3.8) is 0 Å². The molecule has 3 heterocycles. The Morgan fingerprint density at radius 3 is 2.66 bits per heavy atom. The standard InChI is InChI=1S/C24H32N6O4S/c1-2-3-4-5-6-15-32-24(31)34-29-13-11-19(12-14-29)23-26-20(17-35-23)16-33-22-9-7-21(8-10-22)30-18-25-27-28-30/h7-10,17-19H,2-6,11-16H2,1H3. The number of carbonyl (C=O) groups is 1. The smallest absolute Gasteiger partial charge is 0.487 e. The third-order valence-electron chi connectivity index (χ3n) is 5.88. The maximum Gasteiger partial charge on any atom is 0.527 e. The molecule has 0 radical (unpaired) electrons. The molecule has 0 atom stereocenters. The van der Waals surface area contributed by atoms with Crippen molar-refractivity contribution in [1.29, 1.82) is 0 Å². The molecule has 1 fully saturated rings. The van der Waals surface area contributed by atoms with E-state index < -0.39 is 6.16 Å². The van der Waals surface area contributed by atoms with E-state index in [1.165, 1.54) is 19.3 Å². The highest BCUT2D eigenvalue weighted by molar-refractivity contribution is 7.09. The topological polar surface area (TPSA) is 104 Å². The van der Waals surface area contributed by atoms with Crippen molar-refractivity contribution in [2.24, 2.45) is 0 Å². The maximum atomic E-state index is 11.9. The number of tetrazole rings is 1. The maximum absolute atomic E-state index is 11.9. The molecule has 35 heavy (non-hydrogen) atoms. The number of piperidine rings is 1. The molecule has 1 saturated heterocycles.